The van der Waals surface area contributed by atoms with Crippen molar-refractivity contribution in [2.24, 2.45) is 0 Å². The summed E-state index contributed by atoms with van der Waals surface area (Å²) in [6.07, 6.45) is 2.16. The summed E-state index contributed by atoms with van der Waals surface area (Å²) in [5, 5.41) is 19.8. The van der Waals surface area contributed by atoms with Gasteiger partial charge in [-0.15, -0.1) is 0 Å². The van der Waals surface area contributed by atoms with E-state index in [4.69, 9.17) is 0 Å². The second-order valence-electron chi connectivity index (χ2n) is 4.88. The molecule has 1 aromatic carbocycles. The SMILES string of the molecule is CCCCN(CCO)c1cc(CO)c2ccccc2n1. The molecule has 2 aromatic rings. The van der Waals surface area contributed by atoms with Crippen molar-refractivity contribution in [3.8, 4) is 0 Å². The third-order valence-electron chi connectivity index (χ3n) is 3.43. The van der Waals surface area contributed by atoms with E-state index in [1.54, 1.807) is 0 Å². The number of unbranched alkanes of at least 4 members (excludes halogenated alkanes) is 1. The number of aliphatic hydroxyl groups excluding tert-OH is 2. The average molecular weight is 274 g/mol. The molecule has 0 unspecified atom stereocenters. The van der Waals surface area contributed by atoms with E-state index in [0.29, 0.717) is 6.54 Å². The van der Waals surface area contributed by atoms with Crippen LogP contribution in [-0.4, -0.2) is 34.9 Å². The lowest BCUT2D eigenvalue weighted by Gasteiger charge is -2.23. The molecule has 0 spiro atoms. The van der Waals surface area contributed by atoms with Gasteiger partial charge in [-0.25, -0.2) is 4.98 Å². The highest BCUT2D eigenvalue weighted by atomic mass is 16.3. The normalized spacial score (nSPS) is 10.9. The molecule has 0 saturated carbocycles. The fourth-order valence-electron chi connectivity index (χ4n) is 2.34. The van der Waals surface area contributed by atoms with Gasteiger partial charge in [-0.2, -0.15) is 0 Å². The van der Waals surface area contributed by atoms with Crippen LogP contribution in [0, 0.1) is 0 Å². The van der Waals surface area contributed by atoms with Gasteiger partial charge in [0.25, 0.3) is 0 Å². The number of hydrogen-bond donors (Lipinski definition) is 2. The van der Waals surface area contributed by atoms with Gasteiger partial charge in [-0.05, 0) is 24.1 Å². The van der Waals surface area contributed by atoms with Crippen molar-refractivity contribution in [1.82, 2.24) is 4.98 Å². The second kappa shape index (κ2) is 7.22. The molecule has 0 atom stereocenters. The van der Waals surface area contributed by atoms with Gasteiger partial charge in [0, 0.05) is 18.5 Å². The smallest absolute Gasteiger partial charge is 0.129 e. The number of nitrogens with zero attached hydrogens (tertiary/aromatic N) is 2. The summed E-state index contributed by atoms with van der Waals surface area (Å²) in [4.78, 5) is 6.74. The molecule has 20 heavy (non-hydrogen) atoms. The van der Waals surface area contributed by atoms with E-state index in [9.17, 15) is 10.2 Å². The molecule has 0 aliphatic carbocycles. The molecule has 4 nitrogen and oxygen atoms in total. The Labute approximate surface area is 119 Å². The number of aliphatic hydroxyl groups is 2. The predicted octanol–water partition coefficient (Wildman–Crippen LogP) is 2.33. The number of hydrogen-bond acceptors (Lipinski definition) is 4. The van der Waals surface area contributed by atoms with Crippen LogP contribution in [0.1, 0.15) is 25.3 Å². The van der Waals surface area contributed by atoms with E-state index >= 15 is 0 Å². The zero-order valence-corrected chi connectivity index (χ0v) is 11.9. The molecule has 1 heterocycles. The van der Waals surface area contributed by atoms with E-state index in [0.717, 1.165) is 41.7 Å². The summed E-state index contributed by atoms with van der Waals surface area (Å²) >= 11 is 0. The van der Waals surface area contributed by atoms with E-state index in [1.165, 1.54) is 0 Å². The molecule has 2 N–H and O–H groups in total. The molecular weight excluding hydrogens is 252 g/mol. The van der Waals surface area contributed by atoms with Gasteiger partial charge in [0.05, 0.1) is 18.7 Å². The van der Waals surface area contributed by atoms with Crippen LogP contribution in [0.25, 0.3) is 10.9 Å². The van der Waals surface area contributed by atoms with Crippen LogP contribution in [-0.2, 0) is 6.61 Å². The molecule has 0 radical (unpaired) electrons. The topological polar surface area (TPSA) is 56.6 Å². The monoisotopic (exact) mass is 274 g/mol. The van der Waals surface area contributed by atoms with E-state index < -0.39 is 0 Å². The maximum Gasteiger partial charge on any atom is 0.129 e. The molecule has 0 amide bonds. The van der Waals surface area contributed by atoms with Crippen LogP contribution in [0.15, 0.2) is 30.3 Å². The number of pyridine rings is 1. The highest BCUT2D eigenvalue weighted by Gasteiger charge is 2.11. The first-order valence-electron chi connectivity index (χ1n) is 7.15. The highest BCUT2D eigenvalue weighted by molar-refractivity contribution is 5.84. The molecule has 0 fully saturated rings. The van der Waals surface area contributed by atoms with Gasteiger partial charge in [-0.1, -0.05) is 31.5 Å². The molecular formula is C16H22N2O2. The Morgan fingerprint density at radius 2 is 1.95 bits per heavy atom. The van der Waals surface area contributed by atoms with Crippen molar-refractivity contribution in [2.75, 3.05) is 24.6 Å². The predicted molar refractivity (Wildman–Crippen MR) is 81.9 cm³/mol. The molecule has 0 aliphatic heterocycles. The summed E-state index contributed by atoms with van der Waals surface area (Å²) in [5.74, 6) is 0.829. The van der Waals surface area contributed by atoms with Gasteiger partial charge in [0.2, 0.25) is 0 Å². The van der Waals surface area contributed by atoms with Crippen LogP contribution in [0.4, 0.5) is 5.82 Å². The molecule has 0 aliphatic rings. The van der Waals surface area contributed by atoms with Crippen LogP contribution in [0.3, 0.4) is 0 Å². The van der Waals surface area contributed by atoms with Crippen molar-refractivity contribution in [3.63, 3.8) is 0 Å². The number of fused-ring (bicyclic) bond motifs is 1. The van der Waals surface area contributed by atoms with Crippen molar-refractivity contribution in [2.45, 2.75) is 26.4 Å². The van der Waals surface area contributed by atoms with Gasteiger partial charge in [-0.3, -0.25) is 0 Å². The minimum atomic E-state index is -0.00320. The van der Waals surface area contributed by atoms with Gasteiger partial charge in [0.15, 0.2) is 0 Å². The first-order valence-corrected chi connectivity index (χ1v) is 7.15. The minimum absolute atomic E-state index is 0.00320. The Balaban J connectivity index is 2.40. The van der Waals surface area contributed by atoms with E-state index in [-0.39, 0.29) is 13.2 Å². The Morgan fingerprint density at radius 1 is 1.15 bits per heavy atom. The van der Waals surface area contributed by atoms with Crippen LogP contribution >= 0.6 is 0 Å². The van der Waals surface area contributed by atoms with Gasteiger partial charge < -0.3 is 15.1 Å². The molecule has 1 aromatic heterocycles. The number of para-hydroxylation sites is 1. The number of anilines is 1. The second-order valence-corrected chi connectivity index (χ2v) is 4.88. The Kier molecular flexibility index (Phi) is 5.32. The van der Waals surface area contributed by atoms with Crippen LogP contribution < -0.4 is 4.90 Å². The minimum Gasteiger partial charge on any atom is -0.395 e. The summed E-state index contributed by atoms with van der Waals surface area (Å²) in [7, 11) is 0. The lowest BCUT2D eigenvalue weighted by Crippen LogP contribution is -2.28. The molecule has 4 heteroatoms. The Morgan fingerprint density at radius 3 is 2.65 bits per heavy atom. The third-order valence-corrected chi connectivity index (χ3v) is 3.43. The Hall–Kier alpha value is -1.65. The maximum absolute atomic E-state index is 9.55. The average Bonchev–Trinajstić information content (AvgIpc) is 2.50. The molecule has 0 bridgehead atoms. The van der Waals surface area contributed by atoms with Crippen molar-refractivity contribution in [3.05, 3.63) is 35.9 Å². The van der Waals surface area contributed by atoms with Gasteiger partial charge >= 0.3 is 0 Å². The summed E-state index contributed by atoms with van der Waals surface area (Å²) < 4.78 is 0. The summed E-state index contributed by atoms with van der Waals surface area (Å²) in [6.45, 7) is 3.68. The fraction of sp³-hybridized carbons (Fsp3) is 0.438. The molecule has 0 saturated heterocycles. The number of benzene rings is 1. The molecule has 108 valence electrons. The fourth-order valence-corrected chi connectivity index (χ4v) is 2.34. The van der Waals surface area contributed by atoms with Crippen molar-refractivity contribution in [1.29, 1.82) is 0 Å². The van der Waals surface area contributed by atoms with Crippen molar-refractivity contribution < 1.29 is 10.2 Å². The first-order chi connectivity index (χ1) is 9.80. The number of rotatable bonds is 7. The molecule has 2 rings (SSSR count). The summed E-state index contributed by atoms with van der Waals surface area (Å²) in [5.41, 5.74) is 1.76. The van der Waals surface area contributed by atoms with Crippen LogP contribution in [0.2, 0.25) is 0 Å². The van der Waals surface area contributed by atoms with Crippen molar-refractivity contribution >= 4 is 16.7 Å². The summed E-state index contributed by atoms with van der Waals surface area (Å²) in [6, 6.07) is 9.75. The first kappa shape index (κ1) is 14.8. The van der Waals surface area contributed by atoms with E-state index in [2.05, 4.69) is 16.8 Å². The Bertz CT molecular complexity index is 557. The maximum atomic E-state index is 9.55. The highest BCUT2D eigenvalue weighted by Crippen LogP contribution is 2.23. The lowest BCUT2D eigenvalue weighted by atomic mass is 10.1. The zero-order valence-electron chi connectivity index (χ0n) is 11.9. The largest absolute Gasteiger partial charge is 0.395 e. The standard InChI is InChI=1S/C16H22N2O2/c1-2-3-8-18(9-10-19)16-11-13(12-20)14-6-4-5-7-15(14)17-16/h4-7,11,19-20H,2-3,8-10,12H2,1H3. The van der Waals surface area contributed by atoms with Gasteiger partial charge in [0.1, 0.15) is 5.82 Å². The number of aromatic nitrogens is 1. The quantitative estimate of drug-likeness (QED) is 0.813. The van der Waals surface area contributed by atoms with E-state index in [1.807, 2.05) is 30.3 Å². The zero-order chi connectivity index (χ0) is 14.4. The third kappa shape index (κ3) is 3.26. The lowest BCUT2D eigenvalue weighted by molar-refractivity contribution is 0.283. The van der Waals surface area contributed by atoms with Crippen LogP contribution in [0.5, 0.6) is 0 Å².